The quantitative estimate of drug-likeness (QED) is 0.799. The second-order valence-electron chi connectivity index (χ2n) is 6.64. The largest absolute Gasteiger partial charge is 0.378 e. The van der Waals surface area contributed by atoms with E-state index < -0.39 is 0 Å². The van der Waals surface area contributed by atoms with Gasteiger partial charge >= 0.3 is 0 Å². The third-order valence-electron chi connectivity index (χ3n) is 4.67. The summed E-state index contributed by atoms with van der Waals surface area (Å²) in [6.45, 7) is 9.50. The lowest BCUT2D eigenvalue weighted by atomic mass is 10.1. The van der Waals surface area contributed by atoms with Crippen LogP contribution in [0.3, 0.4) is 0 Å². The molecule has 3 rings (SSSR count). The Morgan fingerprint density at radius 3 is 2.42 bits per heavy atom. The Morgan fingerprint density at radius 1 is 1.08 bits per heavy atom. The highest BCUT2D eigenvalue weighted by atomic mass is 32.2. The second-order valence-corrected chi connectivity index (χ2v) is 8.06. The van der Waals surface area contributed by atoms with E-state index in [0.29, 0.717) is 0 Å². The summed E-state index contributed by atoms with van der Waals surface area (Å²) in [7, 11) is 0. The number of rotatable bonds is 5. The number of nitrogens with zero attached hydrogens (tertiary/aromatic N) is 1. The molecule has 1 heterocycles. The molecule has 1 saturated heterocycles. The van der Waals surface area contributed by atoms with Crippen LogP contribution in [0.2, 0.25) is 0 Å². The van der Waals surface area contributed by atoms with E-state index in [1.54, 1.807) is 11.8 Å². The molecule has 1 aliphatic heterocycles. The monoisotopic (exact) mass is 370 g/mol. The van der Waals surface area contributed by atoms with E-state index in [1.807, 2.05) is 19.1 Å². The first-order chi connectivity index (χ1) is 12.5. The Labute approximate surface area is 159 Å². The van der Waals surface area contributed by atoms with E-state index in [1.165, 1.54) is 16.8 Å². The first-order valence-electron chi connectivity index (χ1n) is 9.00. The van der Waals surface area contributed by atoms with Gasteiger partial charge in [-0.15, -0.1) is 11.8 Å². The van der Waals surface area contributed by atoms with Gasteiger partial charge in [0.25, 0.3) is 0 Å². The van der Waals surface area contributed by atoms with Crippen LogP contribution in [0.25, 0.3) is 0 Å². The van der Waals surface area contributed by atoms with Gasteiger partial charge in [-0.2, -0.15) is 0 Å². The van der Waals surface area contributed by atoms with Crippen LogP contribution >= 0.6 is 11.8 Å². The van der Waals surface area contributed by atoms with Crippen LogP contribution in [0.15, 0.2) is 47.4 Å². The topological polar surface area (TPSA) is 41.6 Å². The van der Waals surface area contributed by atoms with Gasteiger partial charge in [-0.1, -0.05) is 6.07 Å². The summed E-state index contributed by atoms with van der Waals surface area (Å²) in [6, 6.07) is 14.4. The fourth-order valence-electron chi connectivity index (χ4n) is 2.87. The molecule has 5 heteroatoms. The molecule has 2 aromatic rings. The van der Waals surface area contributed by atoms with Crippen LogP contribution < -0.4 is 10.2 Å². The summed E-state index contributed by atoms with van der Waals surface area (Å²) in [5, 5.41) is 2.86. The molecule has 138 valence electrons. The van der Waals surface area contributed by atoms with Crippen molar-refractivity contribution in [1.29, 1.82) is 0 Å². The number of morpholine rings is 1. The van der Waals surface area contributed by atoms with E-state index in [-0.39, 0.29) is 11.2 Å². The van der Waals surface area contributed by atoms with Crippen molar-refractivity contribution in [3.63, 3.8) is 0 Å². The molecular weight excluding hydrogens is 344 g/mol. The van der Waals surface area contributed by atoms with Crippen molar-refractivity contribution in [3.05, 3.63) is 53.6 Å². The van der Waals surface area contributed by atoms with E-state index in [2.05, 4.69) is 54.4 Å². The Balaban J connectivity index is 1.57. The number of carbonyl (C=O) groups is 1. The standard InChI is InChI=1S/C21H26N2O2S/c1-15-4-9-20(14-16(15)2)26-17(3)21(24)22-18-5-7-19(8-6-18)23-10-12-25-13-11-23/h4-9,14,17H,10-13H2,1-3H3,(H,22,24). The smallest absolute Gasteiger partial charge is 0.237 e. The molecule has 0 aromatic heterocycles. The molecule has 0 spiro atoms. The fourth-order valence-corrected chi connectivity index (χ4v) is 3.83. The van der Waals surface area contributed by atoms with Crippen molar-refractivity contribution in [2.75, 3.05) is 36.5 Å². The van der Waals surface area contributed by atoms with Gasteiger partial charge in [-0.25, -0.2) is 0 Å². The molecular formula is C21H26N2O2S. The maximum absolute atomic E-state index is 12.5. The number of nitrogens with one attached hydrogen (secondary N) is 1. The molecule has 0 saturated carbocycles. The lowest BCUT2D eigenvalue weighted by Crippen LogP contribution is -2.36. The molecule has 1 unspecified atom stereocenters. The van der Waals surface area contributed by atoms with Crippen molar-refractivity contribution in [3.8, 4) is 0 Å². The minimum atomic E-state index is -0.156. The molecule has 0 aliphatic carbocycles. The second kappa shape index (κ2) is 8.60. The third-order valence-corrected chi connectivity index (χ3v) is 5.77. The molecule has 1 N–H and O–H groups in total. The first-order valence-corrected chi connectivity index (χ1v) is 9.88. The van der Waals surface area contributed by atoms with Gasteiger partial charge in [0, 0.05) is 29.4 Å². The predicted octanol–water partition coefficient (Wildman–Crippen LogP) is 4.26. The number of hydrogen-bond acceptors (Lipinski definition) is 4. The minimum Gasteiger partial charge on any atom is -0.378 e. The highest BCUT2D eigenvalue weighted by molar-refractivity contribution is 8.00. The van der Waals surface area contributed by atoms with Gasteiger partial charge < -0.3 is 15.0 Å². The average molecular weight is 371 g/mol. The van der Waals surface area contributed by atoms with Crippen molar-refractivity contribution in [1.82, 2.24) is 0 Å². The number of thioether (sulfide) groups is 1. The summed E-state index contributed by atoms with van der Waals surface area (Å²) in [6.07, 6.45) is 0. The number of aryl methyl sites for hydroxylation is 2. The van der Waals surface area contributed by atoms with E-state index in [9.17, 15) is 4.79 Å². The SMILES string of the molecule is Cc1ccc(SC(C)C(=O)Nc2ccc(N3CCOCC3)cc2)cc1C. The maximum atomic E-state index is 12.5. The number of hydrogen-bond donors (Lipinski definition) is 1. The fraction of sp³-hybridized carbons (Fsp3) is 0.381. The number of anilines is 2. The summed E-state index contributed by atoms with van der Waals surface area (Å²) in [4.78, 5) is 15.9. The number of amides is 1. The van der Waals surface area contributed by atoms with Gasteiger partial charge in [0.15, 0.2) is 0 Å². The van der Waals surface area contributed by atoms with Crippen LogP contribution in [0.5, 0.6) is 0 Å². The van der Waals surface area contributed by atoms with Gasteiger partial charge in [0.1, 0.15) is 0 Å². The van der Waals surface area contributed by atoms with Crippen LogP contribution in [0, 0.1) is 13.8 Å². The minimum absolute atomic E-state index is 0.0207. The van der Waals surface area contributed by atoms with Crippen molar-refractivity contribution >= 4 is 29.0 Å². The lowest BCUT2D eigenvalue weighted by Gasteiger charge is -2.28. The molecule has 0 radical (unpaired) electrons. The number of carbonyl (C=O) groups excluding carboxylic acids is 1. The first kappa shape index (κ1) is 18.8. The molecule has 0 bridgehead atoms. The van der Waals surface area contributed by atoms with Gasteiger partial charge in [-0.05, 0) is 68.3 Å². The molecule has 1 aliphatic rings. The van der Waals surface area contributed by atoms with Crippen molar-refractivity contribution in [2.24, 2.45) is 0 Å². The Morgan fingerprint density at radius 2 is 1.77 bits per heavy atom. The molecule has 1 fully saturated rings. The lowest BCUT2D eigenvalue weighted by molar-refractivity contribution is -0.115. The molecule has 26 heavy (non-hydrogen) atoms. The van der Waals surface area contributed by atoms with E-state index >= 15 is 0 Å². The van der Waals surface area contributed by atoms with Crippen molar-refractivity contribution in [2.45, 2.75) is 30.9 Å². The zero-order valence-electron chi connectivity index (χ0n) is 15.6. The van der Waals surface area contributed by atoms with E-state index in [0.717, 1.165) is 36.9 Å². The summed E-state index contributed by atoms with van der Waals surface area (Å²) < 4.78 is 5.39. The maximum Gasteiger partial charge on any atom is 0.237 e. The summed E-state index contributed by atoms with van der Waals surface area (Å²) in [5.41, 5.74) is 4.52. The third kappa shape index (κ3) is 4.80. The number of benzene rings is 2. The zero-order chi connectivity index (χ0) is 18.5. The van der Waals surface area contributed by atoms with Crippen LogP contribution in [0.1, 0.15) is 18.1 Å². The van der Waals surface area contributed by atoms with Crippen LogP contribution in [-0.2, 0) is 9.53 Å². The average Bonchev–Trinajstić information content (AvgIpc) is 2.66. The van der Waals surface area contributed by atoms with Gasteiger partial charge in [-0.3, -0.25) is 4.79 Å². The Bertz CT molecular complexity index is 755. The molecule has 4 nitrogen and oxygen atoms in total. The molecule has 1 amide bonds. The van der Waals surface area contributed by atoms with Gasteiger partial charge in [0.2, 0.25) is 5.91 Å². The predicted molar refractivity (Wildman–Crippen MR) is 109 cm³/mol. The van der Waals surface area contributed by atoms with Gasteiger partial charge in [0.05, 0.1) is 18.5 Å². The number of ether oxygens (including phenoxy) is 1. The highest BCUT2D eigenvalue weighted by Gasteiger charge is 2.16. The Kier molecular flexibility index (Phi) is 6.22. The Hall–Kier alpha value is -1.98. The van der Waals surface area contributed by atoms with E-state index in [4.69, 9.17) is 4.74 Å². The molecule has 2 aromatic carbocycles. The normalized spacial score (nSPS) is 15.6. The zero-order valence-corrected chi connectivity index (χ0v) is 16.4. The summed E-state index contributed by atoms with van der Waals surface area (Å²) in [5.74, 6) is 0.0207. The highest BCUT2D eigenvalue weighted by Crippen LogP contribution is 2.26. The summed E-state index contributed by atoms with van der Waals surface area (Å²) >= 11 is 1.59. The van der Waals surface area contributed by atoms with Crippen LogP contribution in [-0.4, -0.2) is 37.5 Å². The van der Waals surface area contributed by atoms with Crippen molar-refractivity contribution < 1.29 is 9.53 Å². The van der Waals surface area contributed by atoms with Crippen LogP contribution in [0.4, 0.5) is 11.4 Å². The molecule has 1 atom stereocenters.